The summed E-state index contributed by atoms with van der Waals surface area (Å²) in [6, 6.07) is 7.28. The van der Waals surface area contributed by atoms with Crippen LogP contribution in [0, 0.1) is 10.1 Å². The summed E-state index contributed by atoms with van der Waals surface area (Å²) in [6.45, 7) is 0. The van der Waals surface area contributed by atoms with Crippen molar-refractivity contribution in [3.8, 4) is 5.75 Å². The summed E-state index contributed by atoms with van der Waals surface area (Å²) >= 11 is 1.07. The standard InChI is InChI=1S/C13H10N2O5S/c1-20-9-3-4-10(15(18)19)11(6-9)21-12-5-2-8(7-14-12)13(16)17/h2-7H,1H3,(H,16,17). The molecule has 0 amide bonds. The Hall–Kier alpha value is -2.61. The van der Waals surface area contributed by atoms with Crippen molar-refractivity contribution in [1.29, 1.82) is 0 Å². The number of aromatic nitrogens is 1. The minimum Gasteiger partial charge on any atom is -0.497 e. The van der Waals surface area contributed by atoms with E-state index < -0.39 is 10.9 Å². The molecule has 0 fully saturated rings. The van der Waals surface area contributed by atoms with Crippen LogP contribution in [0.5, 0.6) is 5.75 Å². The molecule has 0 aliphatic rings. The van der Waals surface area contributed by atoms with Crippen molar-refractivity contribution in [2.24, 2.45) is 0 Å². The van der Waals surface area contributed by atoms with E-state index in [1.165, 1.54) is 43.6 Å². The Bertz CT molecular complexity index is 687. The van der Waals surface area contributed by atoms with Gasteiger partial charge in [-0.2, -0.15) is 0 Å². The number of benzene rings is 1. The van der Waals surface area contributed by atoms with Gasteiger partial charge in [0.2, 0.25) is 0 Å². The van der Waals surface area contributed by atoms with E-state index in [1.54, 1.807) is 0 Å². The SMILES string of the molecule is COc1ccc([N+](=O)[O-])c(Sc2ccc(C(=O)O)cn2)c1. The van der Waals surface area contributed by atoms with Crippen LogP contribution in [0.2, 0.25) is 0 Å². The second-order valence-corrected chi connectivity index (χ2v) is 4.95. The summed E-state index contributed by atoms with van der Waals surface area (Å²) in [5.74, 6) is -0.586. The maximum absolute atomic E-state index is 11.0. The number of nitro benzene ring substituents is 1. The van der Waals surface area contributed by atoms with Gasteiger partial charge in [-0.05, 0) is 18.2 Å². The van der Waals surface area contributed by atoms with Gasteiger partial charge < -0.3 is 9.84 Å². The van der Waals surface area contributed by atoms with Gasteiger partial charge in [0.15, 0.2) is 0 Å². The average Bonchev–Trinajstić information content (AvgIpc) is 2.47. The maximum atomic E-state index is 11.0. The van der Waals surface area contributed by atoms with E-state index in [4.69, 9.17) is 9.84 Å². The number of carbonyl (C=O) groups is 1. The molecule has 0 unspecified atom stereocenters. The molecular formula is C13H10N2O5S. The Labute approximate surface area is 123 Å². The molecule has 7 nitrogen and oxygen atoms in total. The van der Waals surface area contributed by atoms with Crippen LogP contribution >= 0.6 is 11.8 Å². The lowest BCUT2D eigenvalue weighted by Gasteiger charge is -2.05. The summed E-state index contributed by atoms with van der Waals surface area (Å²) in [5, 5.41) is 20.3. The molecule has 21 heavy (non-hydrogen) atoms. The lowest BCUT2D eigenvalue weighted by Crippen LogP contribution is -1.97. The van der Waals surface area contributed by atoms with Crippen molar-refractivity contribution < 1.29 is 19.6 Å². The molecular weight excluding hydrogens is 296 g/mol. The summed E-state index contributed by atoms with van der Waals surface area (Å²) in [5.41, 5.74) is -0.00981. The average molecular weight is 306 g/mol. The molecule has 1 aromatic heterocycles. The Balaban J connectivity index is 2.33. The Kier molecular flexibility index (Phi) is 4.39. The first kappa shape index (κ1) is 14.8. The van der Waals surface area contributed by atoms with Gasteiger partial charge in [0, 0.05) is 18.3 Å². The van der Waals surface area contributed by atoms with E-state index in [1.807, 2.05) is 0 Å². The molecule has 0 atom stereocenters. The normalized spacial score (nSPS) is 10.1. The lowest BCUT2D eigenvalue weighted by molar-refractivity contribution is -0.387. The molecule has 1 heterocycles. The Morgan fingerprint density at radius 1 is 1.38 bits per heavy atom. The predicted octanol–water partition coefficient (Wildman–Crippen LogP) is 2.85. The maximum Gasteiger partial charge on any atom is 0.337 e. The van der Waals surface area contributed by atoms with Crippen molar-refractivity contribution in [2.45, 2.75) is 9.92 Å². The van der Waals surface area contributed by atoms with Gasteiger partial charge in [-0.1, -0.05) is 11.8 Å². The van der Waals surface area contributed by atoms with Crippen LogP contribution in [0.4, 0.5) is 5.69 Å². The van der Waals surface area contributed by atoms with Gasteiger partial charge in [0.25, 0.3) is 5.69 Å². The third kappa shape index (κ3) is 3.48. The minimum absolute atomic E-state index is 0.0551. The first-order chi connectivity index (χ1) is 10.0. The minimum atomic E-state index is -1.08. The monoisotopic (exact) mass is 306 g/mol. The Morgan fingerprint density at radius 3 is 2.67 bits per heavy atom. The van der Waals surface area contributed by atoms with Crippen LogP contribution in [0.1, 0.15) is 10.4 Å². The molecule has 2 rings (SSSR count). The quantitative estimate of drug-likeness (QED) is 0.669. The van der Waals surface area contributed by atoms with E-state index in [0.717, 1.165) is 11.8 Å². The van der Waals surface area contributed by atoms with Crippen LogP contribution in [-0.2, 0) is 0 Å². The molecule has 108 valence electrons. The molecule has 0 saturated heterocycles. The number of pyridine rings is 1. The van der Waals surface area contributed by atoms with Gasteiger partial charge in [0.1, 0.15) is 10.8 Å². The van der Waals surface area contributed by atoms with Crippen molar-refractivity contribution >= 4 is 23.4 Å². The Morgan fingerprint density at radius 2 is 2.14 bits per heavy atom. The van der Waals surface area contributed by atoms with Crippen LogP contribution in [0.15, 0.2) is 46.5 Å². The summed E-state index contributed by atoms with van der Waals surface area (Å²) in [6.07, 6.45) is 1.21. The fourth-order valence-corrected chi connectivity index (χ4v) is 2.42. The van der Waals surface area contributed by atoms with E-state index in [0.29, 0.717) is 15.7 Å². The molecule has 0 aliphatic carbocycles. The number of nitro groups is 1. The summed E-state index contributed by atoms with van der Waals surface area (Å²) < 4.78 is 5.04. The second-order valence-electron chi connectivity index (χ2n) is 3.88. The van der Waals surface area contributed by atoms with E-state index in [-0.39, 0.29) is 11.3 Å². The molecule has 1 N–H and O–H groups in total. The number of carboxylic acid groups (broad SMARTS) is 1. The molecule has 8 heteroatoms. The van der Waals surface area contributed by atoms with Gasteiger partial charge in [0.05, 0.1) is 22.5 Å². The van der Waals surface area contributed by atoms with Crippen molar-refractivity contribution in [3.63, 3.8) is 0 Å². The van der Waals surface area contributed by atoms with Crippen molar-refractivity contribution in [3.05, 3.63) is 52.2 Å². The number of hydrogen-bond donors (Lipinski definition) is 1. The first-order valence-electron chi connectivity index (χ1n) is 5.71. The lowest BCUT2D eigenvalue weighted by atomic mass is 10.3. The highest BCUT2D eigenvalue weighted by molar-refractivity contribution is 7.99. The molecule has 1 aromatic carbocycles. The number of rotatable bonds is 5. The van der Waals surface area contributed by atoms with Crippen LogP contribution in [0.25, 0.3) is 0 Å². The second kappa shape index (κ2) is 6.23. The van der Waals surface area contributed by atoms with Gasteiger partial charge in [-0.15, -0.1) is 0 Å². The summed E-state index contributed by atoms with van der Waals surface area (Å²) in [4.78, 5) is 25.6. The molecule has 0 spiro atoms. The zero-order valence-electron chi connectivity index (χ0n) is 10.8. The van der Waals surface area contributed by atoms with E-state index >= 15 is 0 Å². The molecule has 0 radical (unpaired) electrons. The summed E-state index contributed by atoms with van der Waals surface area (Å²) in [7, 11) is 1.47. The topological polar surface area (TPSA) is 103 Å². The number of carboxylic acids is 1. The third-order valence-corrected chi connectivity index (χ3v) is 3.56. The van der Waals surface area contributed by atoms with Crippen molar-refractivity contribution in [2.75, 3.05) is 7.11 Å². The van der Waals surface area contributed by atoms with Crippen LogP contribution in [0.3, 0.4) is 0 Å². The highest BCUT2D eigenvalue weighted by atomic mass is 32.2. The number of ether oxygens (including phenoxy) is 1. The predicted molar refractivity (Wildman–Crippen MR) is 75.0 cm³/mol. The first-order valence-corrected chi connectivity index (χ1v) is 6.52. The highest BCUT2D eigenvalue weighted by Crippen LogP contribution is 2.36. The largest absolute Gasteiger partial charge is 0.497 e. The molecule has 0 bridgehead atoms. The smallest absolute Gasteiger partial charge is 0.337 e. The molecule has 2 aromatic rings. The number of nitrogens with zero attached hydrogens (tertiary/aromatic N) is 2. The fourth-order valence-electron chi connectivity index (χ4n) is 1.53. The van der Waals surface area contributed by atoms with Gasteiger partial charge in [-0.3, -0.25) is 10.1 Å². The van der Waals surface area contributed by atoms with Crippen LogP contribution < -0.4 is 4.74 Å². The number of hydrogen-bond acceptors (Lipinski definition) is 6. The van der Waals surface area contributed by atoms with Crippen LogP contribution in [-0.4, -0.2) is 28.1 Å². The van der Waals surface area contributed by atoms with Crippen molar-refractivity contribution in [1.82, 2.24) is 4.98 Å². The molecule has 0 saturated carbocycles. The third-order valence-electron chi connectivity index (χ3n) is 2.56. The van der Waals surface area contributed by atoms with E-state index in [9.17, 15) is 14.9 Å². The zero-order valence-corrected chi connectivity index (χ0v) is 11.7. The fraction of sp³-hybridized carbons (Fsp3) is 0.0769. The van der Waals surface area contributed by atoms with Gasteiger partial charge >= 0.3 is 5.97 Å². The highest BCUT2D eigenvalue weighted by Gasteiger charge is 2.16. The van der Waals surface area contributed by atoms with E-state index in [2.05, 4.69) is 4.98 Å². The zero-order chi connectivity index (χ0) is 15.4. The molecule has 0 aliphatic heterocycles. The number of methoxy groups -OCH3 is 1. The number of aromatic carboxylic acids is 1. The van der Waals surface area contributed by atoms with Gasteiger partial charge in [-0.25, -0.2) is 9.78 Å².